The fourth-order valence-electron chi connectivity index (χ4n) is 2.57. The molecule has 0 aliphatic heterocycles. The molecule has 1 atom stereocenters. The molecule has 0 spiro atoms. The van der Waals surface area contributed by atoms with Crippen LogP contribution in [0.5, 0.6) is 0 Å². The minimum Gasteiger partial charge on any atom is -0.349 e. The molecule has 2 N–H and O–H groups in total. The summed E-state index contributed by atoms with van der Waals surface area (Å²) in [6.45, 7) is 1.98. The molecule has 3 rings (SSSR count). The average molecular weight is 326 g/mol. The summed E-state index contributed by atoms with van der Waals surface area (Å²) in [6, 6.07) is 5.48. The number of nitrogens with zero attached hydrogens (tertiary/aromatic N) is 4. The number of nitrogens with one attached hydrogen (secondary N) is 2. The van der Waals surface area contributed by atoms with Crippen LogP contribution in [0.1, 0.15) is 23.1 Å². The fraction of sp³-hybridized carbons (Fsp3) is 0.353. The number of aromatic nitrogens is 4. The lowest BCUT2D eigenvalue weighted by Gasteiger charge is -2.13. The van der Waals surface area contributed by atoms with Gasteiger partial charge in [0.05, 0.1) is 11.0 Å². The van der Waals surface area contributed by atoms with E-state index in [0.717, 1.165) is 22.8 Å². The van der Waals surface area contributed by atoms with Crippen molar-refractivity contribution in [1.82, 2.24) is 24.8 Å². The first-order valence-corrected chi connectivity index (χ1v) is 7.88. The molecular formula is C17H22N6O. The molecule has 2 heterocycles. The van der Waals surface area contributed by atoms with Crippen molar-refractivity contribution in [3.05, 3.63) is 42.0 Å². The fourth-order valence-corrected chi connectivity index (χ4v) is 2.57. The number of aryl methyl sites for hydroxylation is 1. The van der Waals surface area contributed by atoms with Crippen LogP contribution in [0.2, 0.25) is 0 Å². The van der Waals surface area contributed by atoms with E-state index in [4.69, 9.17) is 0 Å². The first-order valence-electron chi connectivity index (χ1n) is 7.88. The Morgan fingerprint density at radius 3 is 2.88 bits per heavy atom. The molecule has 126 valence electrons. The molecule has 0 aliphatic rings. The molecule has 0 saturated heterocycles. The molecule has 0 bridgehead atoms. The molecule has 24 heavy (non-hydrogen) atoms. The quantitative estimate of drug-likeness (QED) is 0.748. The highest BCUT2D eigenvalue weighted by molar-refractivity contribution is 5.97. The van der Waals surface area contributed by atoms with Crippen molar-refractivity contribution in [3.8, 4) is 0 Å². The second kappa shape index (κ2) is 6.35. The number of anilines is 1. The van der Waals surface area contributed by atoms with Gasteiger partial charge in [-0.05, 0) is 25.1 Å². The minimum absolute atomic E-state index is 0.00611. The molecular weight excluding hydrogens is 304 g/mol. The second-order valence-electron chi connectivity index (χ2n) is 6.22. The van der Waals surface area contributed by atoms with Gasteiger partial charge in [0.1, 0.15) is 5.82 Å². The van der Waals surface area contributed by atoms with E-state index in [0.29, 0.717) is 12.0 Å². The predicted molar refractivity (Wildman–Crippen MR) is 94.3 cm³/mol. The Balaban J connectivity index is 1.72. The Bertz CT molecular complexity index is 863. The molecule has 0 fully saturated rings. The number of fused-ring (bicyclic) bond motifs is 1. The summed E-state index contributed by atoms with van der Waals surface area (Å²) in [5.41, 5.74) is 2.31. The van der Waals surface area contributed by atoms with E-state index in [-0.39, 0.29) is 11.9 Å². The number of imidazole rings is 2. The molecule has 1 aromatic carbocycles. The van der Waals surface area contributed by atoms with Gasteiger partial charge in [0, 0.05) is 51.6 Å². The number of rotatable bonds is 5. The van der Waals surface area contributed by atoms with Crippen LogP contribution < -0.4 is 10.2 Å². The molecule has 0 aliphatic carbocycles. The van der Waals surface area contributed by atoms with Gasteiger partial charge >= 0.3 is 0 Å². The van der Waals surface area contributed by atoms with E-state index < -0.39 is 0 Å². The number of H-pyrrole nitrogens is 1. The van der Waals surface area contributed by atoms with Gasteiger partial charge in [-0.2, -0.15) is 0 Å². The summed E-state index contributed by atoms with van der Waals surface area (Å²) in [4.78, 5) is 26.3. The Kier molecular flexibility index (Phi) is 4.24. The van der Waals surface area contributed by atoms with Crippen molar-refractivity contribution in [2.45, 2.75) is 19.4 Å². The van der Waals surface area contributed by atoms with Crippen LogP contribution in [0.3, 0.4) is 0 Å². The molecule has 3 aromatic rings. The highest BCUT2D eigenvalue weighted by atomic mass is 16.1. The minimum atomic E-state index is -0.0976. The van der Waals surface area contributed by atoms with Crippen LogP contribution in [0, 0.1) is 0 Å². The van der Waals surface area contributed by atoms with Gasteiger partial charge in [-0.15, -0.1) is 0 Å². The maximum Gasteiger partial charge on any atom is 0.251 e. The van der Waals surface area contributed by atoms with Gasteiger partial charge in [0.25, 0.3) is 5.91 Å². The lowest BCUT2D eigenvalue weighted by molar-refractivity contribution is 0.0940. The van der Waals surface area contributed by atoms with Crippen LogP contribution in [-0.4, -0.2) is 45.6 Å². The van der Waals surface area contributed by atoms with Crippen molar-refractivity contribution in [3.63, 3.8) is 0 Å². The lowest BCUT2D eigenvalue weighted by atomic mass is 10.1. The number of aromatic amines is 1. The summed E-state index contributed by atoms with van der Waals surface area (Å²) < 4.78 is 1.96. The van der Waals surface area contributed by atoms with Crippen molar-refractivity contribution in [2.24, 2.45) is 7.05 Å². The van der Waals surface area contributed by atoms with Crippen LogP contribution in [0.4, 0.5) is 5.95 Å². The molecule has 0 saturated carbocycles. The molecule has 7 nitrogen and oxygen atoms in total. The van der Waals surface area contributed by atoms with Crippen molar-refractivity contribution in [1.29, 1.82) is 0 Å². The number of carbonyl (C=O) groups excluding carboxylic acids is 1. The third-order valence-corrected chi connectivity index (χ3v) is 3.94. The Hall–Kier alpha value is -2.83. The SMILES string of the molecule is CC(Cc1nccn1C)NC(=O)c1ccc2nc(N(C)C)[nH]c2c1. The average Bonchev–Trinajstić information content (AvgIpc) is 3.13. The second-order valence-corrected chi connectivity index (χ2v) is 6.22. The highest BCUT2D eigenvalue weighted by Gasteiger charge is 2.14. The topological polar surface area (TPSA) is 78.8 Å². The third-order valence-electron chi connectivity index (χ3n) is 3.94. The normalized spacial score (nSPS) is 12.3. The van der Waals surface area contributed by atoms with E-state index in [1.54, 1.807) is 12.3 Å². The van der Waals surface area contributed by atoms with Crippen molar-refractivity contribution >= 4 is 22.9 Å². The first-order chi connectivity index (χ1) is 11.4. The maximum atomic E-state index is 12.5. The largest absolute Gasteiger partial charge is 0.349 e. The molecule has 1 amide bonds. The van der Waals surface area contributed by atoms with Gasteiger partial charge in [-0.25, -0.2) is 9.97 Å². The van der Waals surface area contributed by atoms with Gasteiger partial charge in [0.15, 0.2) is 0 Å². The summed E-state index contributed by atoms with van der Waals surface area (Å²) in [7, 11) is 5.79. The van der Waals surface area contributed by atoms with Crippen LogP contribution in [-0.2, 0) is 13.5 Å². The van der Waals surface area contributed by atoms with Gasteiger partial charge in [0.2, 0.25) is 5.95 Å². The number of hydrogen-bond donors (Lipinski definition) is 2. The maximum absolute atomic E-state index is 12.5. The zero-order chi connectivity index (χ0) is 17.3. The standard InChI is InChI=1S/C17H22N6O/c1-11(9-15-18-7-8-23(15)4)19-16(24)12-5-6-13-14(10-12)21-17(20-13)22(2)3/h5-8,10-11H,9H2,1-4H3,(H,19,24)(H,20,21). The highest BCUT2D eigenvalue weighted by Crippen LogP contribution is 2.17. The van der Waals surface area contributed by atoms with E-state index in [9.17, 15) is 4.79 Å². The number of hydrogen-bond acceptors (Lipinski definition) is 4. The van der Waals surface area contributed by atoms with E-state index in [2.05, 4.69) is 20.3 Å². The van der Waals surface area contributed by atoms with Crippen LogP contribution in [0.25, 0.3) is 11.0 Å². The number of amides is 1. The van der Waals surface area contributed by atoms with E-state index >= 15 is 0 Å². The monoisotopic (exact) mass is 326 g/mol. The number of carbonyl (C=O) groups is 1. The zero-order valence-corrected chi connectivity index (χ0v) is 14.4. The molecule has 7 heteroatoms. The van der Waals surface area contributed by atoms with Gasteiger partial charge in [-0.1, -0.05) is 0 Å². The Labute approximate surface area is 140 Å². The van der Waals surface area contributed by atoms with Gasteiger partial charge < -0.3 is 19.8 Å². The van der Waals surface area contributed by atoms with Crippen molar-refractivity contribution in [2.75, 3.05) is 19.0 Å². The smallest absolute Gasteiger partial charge is 0.251 e. The zero-order valence-electron chi connectivity index (χ0n) is 14.4. The summed E-state index contributed by atoms with van der Waals surface area (Å²) in [6.07, 6.45) is 4.35. The summed E-state index contributed by atoms with van der Waals surface area (Å²) in [5.74, 6) is 1.62. The Morgan fingerprint density at radius 2 is 2.21 bits per heavy atom. The van der Waals surface area contributed by atoms with E-state index in [1.807, 2.05) is 55.9 Å². The Morgan fingerprint density at radius 1 is 1.42 bits per heavy atom. The van der Waals surface area contributed by atoms with Crippen LogP contribution >= 0.6 is 0 Å². The van der Waals surface area contributed by atoms with Crippen LogP contribution in [0.15, 0.2) is 30.6 Å². The molecule has 2 aromatic heterocycles. The molecule has 0 radical (unpaired) electrons. The predicted octanol–water partition coefficient (Wildman–Crippen LogP) is 1.72. The van der Waals surface area contributed by atoms with E-state index in [1.165, 1.54) is 0 Å². The summed E-state index contributed by atoms with van der Waals surface area (Å²) in [5, 5.41) is 3.02. The first kappa shape index (κ1) is 16.0. The molecule has 1 unspecified atom stereocenters. The lowest BCUT2D eigenvalue weighted by Crippen LogP contribution is -2.34. The third kappa shape index (κ3) is 3.24. The summed E-state index contributed by atoms with van der Waals surface area (Å²) >= 11 is 0. The number of benzene rings is 1. The van der Waals surface area contributed by atoms with Crippen molar-refractivity contribution < 1.29 is 4.79 Å². The van der Waals surface area contributed by atoms with Gasteiger partial charge in [-0.3, -0.25) is 4.79 Å².